The lowest BCUT2D eigenvalue weighted by atomic mass is 9.96. The SMILES string of the molecule is FC(F)(F)c1ccccc1.[N-]=[N+]=C(C(F)Cc1ccccc1)C(F)C(=O)CC(O)CC(=O)C(F)CC(F)Cc1ccccc1. The largest absolute Gasteiger partial charge is 0.416 e. The highest BCUT2D eigenvalue weighted by Crippen LogP contribution is 2.28. The Morgan fingerprint density at radius 2 is 1.16 bits per heavy atom. The Morgan fingerprint density at radius 1 is 0.705 bits per heavy atom. The molecule has 44 heavy (non-hydrogen) atoms. The lowest BCUT2D eigenvalue weighted by Gasteiger charge is -2.14. The molecule has 0 radical (unpaired) electrons. The van der Waals surface area contributed by atoms with Gasteiger partial charge in [0.1, 0.15) is 6.17 Å². The number of nitrogens with zero attached hydrogens (tertiary/aromatic N) is 2. The molecule has 0 saturated heterocycles. The predicted molar refractivity (Wildman–Crippen MR) is 150 cm³/mol. The second-order valence-electron chi connectivity index (χ2n) is 9.89. The van der Waals surface area contributed by atoms with Crippen molar-refractivity contribution < 1.29 is 50.2 Å². The van der Waals surface area contributed by atoms with Crippen LogP contribution in [0.15, 0.2) is 91.0 Å². The van der Waals surface area contributed by atoms with Crippen molar-refractivity contribution >= 4 is 17.3 Å². The summed E-state index contributed by atoms with van der Waals surface area (Å²) in [5.74, 6) is -2.46. The third-order valence-electron chi connectivity index (χ3n) is 6.32. The molecule has 236 valence electrons. The lowest BCUT2D eigenvalue weighted by Crippen LogP contribution is -2.37. The molecule has 1 N–H and O–H groups in total. The molecule has 0 saturated carbocycles. The summed E-state index contributed by atoms with van der Waals surface area (Å²) in [6, 6.07) is 22.9. The van der Waals surface area contributed by atoms with Gasteiger partial charge in [0.2, 0.25) is 6.17 Å². The normalized spacial score (nSPS) is 14.5. The first-order valence-corrected chi connectivity index (χ1v) is 13.5. The molecule has 0 amide bonds. The van der Waals surface area contributed by atoms with E-state index in [0.29, 0.717) is 11.1 Å². The molecule has 0 heterocycles. The van der Waals surface area contributed by atoms with E-state index >= 15 is 0 Å². The molecule has 12 heteroatoms. The molecule has 0 fully saturated rings. The van der Waals surface area contributed by atoms with E-state index in [0.717, 1.165) is 12.1 Å². The quantitative estimate of drug-likeness (QED) is 0.0919. The van der Waals surface area contributed by atoms with E-state index in [1.807, 2.05) is 0 Å². The summed E-state index contributed by atoms with van der Waals surface area (Å²) in [6.07, 6.45) is -17.5. The Labute approximate surface area is 250 Å². The molecule has 5 atom stereocenters. The predicted octanol–water partition coefficient (Wildman–Crippen LogP) is 6.87. The summed E-state index contributed by atoms with van der Waals surface area (Å²) in [5.41, 5.74) is 8.44. The number of rotatable bonds is 14. The standard InChI is InChI=1S/C25H26F4N2O3.C7H5F3/c26-18(11-16-7-3-1-4-8-16)13-20(27)22(33)14-19(32)15-23(34)24(29)25(31-30)21(28)12-17-9-5-2-6-10-17;8-7(9,10)6-4-2-1-3-5-6/h1-10,18-21,24,32H,11-15H2;1-5H. The molecule has 5 nitrogen and oxygen atoms in total. The van der Waals surface area contributed by atoms with Crippen LogP contribution in [0.4, 0.5) is 30.7 Å². The highest BCUT2D eigenvalue weighted by Gasteiger charge is 2.39. The second kappa shape index (κ2) is 17.8. The van der Waals surface area contributed by atoms with Gasteiger partial charge >= 0.3 is 11.9 Å². The fourth-order valence-electron chi connectivity index (χ4n) is 4.07. The van der Waals surface area contributed by atoms with Crippen LogP contribution in [0, 0.1) is 0 Å². The summed E-state index contributed by atoms with van der Waals surface area (Å²) in [5, 5.41) is 9.92. The number of alkyl halides is 7. The third kappa shape index (κ3) is 12.6. The van der Waals surface area contributed by atoms with Crippen LogP contribution in [0.3, 0.4) is 0 Å². The van der Waals surface area contributed by atoms with E-state index in [1.165, 1.54) is 12.1 Å². The first kappa shape index (κ1) is 36.0. The molecule has 0 aliphatic carbocycles. The number of Topliss-reactive ketones (excluding diaryl/α,β-unsaturated/α-hetero) is 2. The topological polar surface area (TPSA) is 90.8 Å². The molecule has 5 unspecified atom stereocenters. The van der Waals surface area contributed by atoms with Crippen molar-refractivity contribution in [2.75, 3.05) is 0 Å². The number of aliphatic hydroxyl groups is 1. The Morgan fingerprint density at radius 3 is 1.61 bits per heavy atom. The van der Waals surface area contributed by atoms with Gasteiger partial charge in [-0.1, -0.05) is 91.0 Å². The molecule has 0 aliphatic heterocycles. The van der Waals surface area contributed by atoms with Gasteiger partial charge < -0.3 is 10.6 Å². The Hall–Kier alpha value is -4.15. The van der Waals surface area contributed by atoms with Gasteiger partial charge in [0.15, 0.2) is 17.7 Å². The first-order valence-electron chi connectivity index (χ1n) is 13.5. The van der Waals surface area contributed by atoms with E-state index in [1.54, 1.807) is 66.7 Å². The van der Waals surface area contributed by atoms with Crippen LogP contribution in [-0.2, 0) is 28.6 Å². The number of aliphatic hydroxyl groups excluding tert-OH is 1. The Bertz CT molecular complexity index is 1350. The van der Waals surface area contributed by atoms with Crippen LogP contribution in [0.2, 0.25) is 0 Å². The molecule has 3 aromatic rings. The highest BCUT2D eigenvalue weighted by atomic mass is 19.4. The molecule has 3 rings (SSSR count). The smallest absolute Gasteiger partial charge is 0.392 e. The summed E-state index contributed by atoms with van der Waals surface area (Å²) in [7, 11) is 0. The number of carbonyl (C=O) groups excluding carboxylic acids is 2. The van der Waals surface area contributed by atoms with Crippen molar-refractivity contribution in [3.05, 3.63) is 113 Å². The van der Waals surface area contributed by atoms with Crippen LogP contribution in [0.5, 0.6) is 0 Å². The highest BCUT2D eigenvalue weighted by molar-refractivity contribution is 6.07. The average Bonchev–Trinajstić information content (AvgIpc) is 2.98. The van der Waals surface area contributed by atoms with Gasteiger partial charge in [0, 0.05) is 32.1 Å². The summed E-state index contributed by atoms with van der Waals surface area (Å²) < 4.78 is 92.4. The van der Waals surface area contributed by atoms with Crippen molar-refractivity contribution in [3.8, 4) is 0 Å². The van der Waals surface area contributed by atoms with E-state index in [4.69, 9.17) is 5.53 Å². The van der Waals surface area contributed by atoms with Crippen LogP contribution in [-0.4, -0.2) is 58.0 Å². The van der Waals surface area contributed by atoms with Crippen LogP contribution >= 0.6 is 0 Å². The van der Waals surface area contributed by atoms with Gasteiger partial charge in [-0.15, -0.1) is 0 Å². The zero-order valence-corrected chi connectivity index (χ0v) is 23.4. The first-order chi connectivity index (χ1) is 20.8. The van der Waals surface area contributed by atoms with Crippen LogP contribution < -0.4 is 0 Å². The van der Waals surface area contributed by atoms with Crippen molar-refractivity contribution in [3.63, 3.8) is 0 Å². The minimum Gasteiger partial charge on any atom is -0.392 e. The number of hydrogen-bond acceptors (Lipinski definition) is 3. The van der Waals surface area contributed by atoms with Gasteiger partial charge in [-0.2, -0.15) is 18.0 Å². The molecule has 0 bridgehead atoms. The lowest BCUT2D eigenvalue weighted by molar-refractivity contribution is -0.137. The van der Waals surface area contributed by atoms with Crippen molar-refractivity contribution in [1.82, 2.24) is 0 Å². The average molecular weight is 625 g/mol. The van der Waals surface area contributed by atoms with Crippen molar-refractivity contribution in [2.24, 2.45) is 0 Å². The van der Waals surface area contributed by atoms with Crippen molar-refractivity contribution in [1.29, 1.82) is 0 Å². The minimum atomic E-state index is -4.21. The third-order valence-corrected chi connectivity index (χ3v) is 6.32. The van der Waals surface area contributed by atoms with Crippen molar-refractivity contribution in [2.45, 2.75) is 69.1 Å². The molecular weight excluding hydrogens is 593 g/mol. The summed E-state index contributed by atoms with van der Waals surface area (Å²) >= 11 is 0. The fourth-order valence-corrected chi connectivity index (χ4v) is 4.07. The fraction of sp³-hybridized carbons (Fsp3) is 0.344. The maximum absolute atomic E-state index is 14.4. The zero-order valence-electron chi connectivity index (χ0n) is 23.4. The monoisotopic (exact) mass is 624 g/mol. The minimum absolute atomic E-state index is 0.0875. The van der Waals surface area contributed by atoms with E-state index in [-0.39, 0.29) is 12.8 Å². The Kier molecular flexibility index (Phi) is 14.6. The van der Waals surface area contributed by atoms with Crippen LogP contribution in [0.1, 0.15) is 36.0 Å². The number of halogens is 7. The van der Waals surface area contributed by atoms with E-state index in [2.05, 4.69) is 4.79 Å². The van der Waals surface area contributed by atoms with E-state index < -0.39 is 79.1 Å². The summed E-state index contributed by atoms with van der Waals surface area (Å²) in [4.78, 5) is 26.6. The number of carbonyl (C=O) groups is 2. The zero-order chi connectivity index (χ0) is 32.7. The molecule has 0 spiro atoms. The van der Waals surface area contributed by atoms with Gasteiger partial charge in [-0.25, -0.2) is 17.6 Å². The maximum Gasteiger partial charge on any atom is 0.416 e. The van der Waals surface area contributed by atoms with Gasteiger partial charge in [-0.3, -0.25) is 9.59 Å². The van der Waals surface area contributed by atoms with Crippen LogP contribution in [0.25, 0.3) is 5.53 Å². The van der Waals surface area contributed by atoms with Gasteiger partial charge in [-0.05, 0) is 11.1 Å². The van der Waals surface area contributed by atoms with Gasteiger partial charge in [0.25, 0.3) is 6.17 Å². The number of hydrogen-bond donors (Lipinski definition) is 1. The van der Waals surface area contributed by atoms with Gasteiger partial charge in [0.05, 0.1) is 11.7 Å². The molecule has 0 aromatic heterocycles. The maximum atomic E-state index is 14.4. The Balaban J connectivity index is 0.000000569. The molecular formula is C32H31F7N2O3. The summed E-state index contributed by atoms with van der Waals surface area (Å²) in [6.45, 7) is 0. The number of benzene rings is 3. The second-order valence-corrected chi connectivity index (χ2v) is 9.89. The molecule has 0 aliphatic rings. The number of ketones is 2. The molecule has 3 aromatic carbocycles. The van der Waals surface area contributed by atoms with E-state index in [9.17, 15) is 45.4 Å².